The minimum absolute atomic E-state index is 0.0465. The largest absolute Gasteiger partial charge is 0.468 e. The Morgan fingerprint density at radius 1 is 1.32 bits per heavy atom. The van der Waals surface area contributed by atoms with E-state index in [2.05, 4.69) is 33.0 Å². The van der Waals surface area contributed by atoms with Crippen molar-refractivity contribution in [3.8, 4) is 0 Å². The zero-order chi connectivity index (χ0) is 14.7. The van der Waals surface area contributed by atoms with Crippen LogP contribution in [0.4, 0.5) is 0 Å². The minimum Gasteiger partial charge on any atom is -0.468 e. The number of methoxy groups -OCH3 is 1. The van der Waals surface area contributed by atoms with Crippen molar-refractivity contribution in [2.24, 2.45) is 16.7 Å². The first-order chi connectivity index (χ1) is 8.73. The summed E-state index contributed by atoms with van der Waals surface area (Å²) in [6.07, 6.45) is 3.17. The summed E-state index contributed by atoms with van der Waals surface area (Å²) in [5.41, 5.74) is -0.868. The average Bonchev–Trinajstić information content (AvgIpc) is 2.23. The zero-order valence-electron chi connectivity index (χ0n) is 12.8. The van der Waals surface area contributed by atoms with Crippen molar-refractivity contribution in [1.29, 1.82) is 0 Å². The molecule has 1 aliphatic rings. The molecule has 0 heterocycles. The van der Waals surface area contributed by atoms with Crippen LogP contribution >= 0.6 is 0 Å². The van der Waals surface area contributed by atoms with Crippen molar-refractivity contribution in [2.45, 2.75) is 53.4 Å². The molecule has 1 rings (SSSR count). The van der Waals surface area contributed by atoms with Gasteiger partial charge in [0.1, 0.15) is 5.41 Å². The van der Waals surface area contributed by atoms with E-state index in [4.69, 9.17) is 4.74 Å². The molecule has 0 atom stereocenters. The van der Waals surface area contributed by atoms with Gasteiger partial charge in [0.2, 0.25) is 5.91 Å². The Bertz CT molecular complexity index is 343. The van der Waals surface area contributed by atoms with E-state index in [1.807, 2.05) is 0 Å². The lowest BCUT2D eigenvalue weighted by molar-refractivity contribution is -0.165. The first kappa shape index (κ1) is 16.0. The van der Waals surface area contributed by atoms with Gasteiger partial charge in [0.25, 0.3) is 0 Å². The van der Waals surface area contributed by atoms with E-state index in [-0.39, 0.29) is 11.3 Å². The first-order valence-corrected chi connectivity index (χ1v) is 7.10. The Balaban J connectivity index is 2.57. The topological polar surface area (TPSA) is 55.4 Å². The molecule has 0 aromatic heterocycles. The van der Waals surface area contributed by atoms with Gasteiger partial charge in [-0.1, -0.05) is 34.1 Å². The Kier molecular flexibility index (Phi) is 4.99. The second-order valence-electron chi connectivity index (χ2n) is 6.87. The fraction of sp³-hybridized carbons (Fsp3) is 0.867. The first-order valence-electron chi connectivity index (χ1n) is 7.10. The second-order valence-corrected chi connectivity index (χ2v) is 6.87. The van der Waals surface area contributed by atoms with E-state index in [9.17, 15) is 9.59 Å². The molecule has 1 saturated carbocycles. The van der Waals surface area contributed by atoms with Crippen molar-refractivity contribution in [2.75, 3.05) is 13.7 Å². The van der Waals surface area contributed by atoms with Crippen molar-refractivity contribution >= 4 is 11.9 Å². The standard InChI is InChI=1S/C15H27NO3/c1-11(2)9-14(3,4)10-16-12(17)15(7-6-8-15)13(18)19-5/h11H,6-10H2,1-5H3,(H,16,17). The second kappa shape index (κ2) is 5.93. The summed E-state index contributed by atoms with van der Waals surface area (Å²) in [6.45, 7) is 9.22. The molecule has 0 radical (unpaired) electrons. The summed E-state index contributed by atoms with van der Waals surface area (Å²) in [4.78, 5) is 24.0. The van der Waals surface area contributed by atoms with E-state index in [0.717, 1.165) is 12.8 Å². The molecule has 110 valence electrons. The predicted molar refractivity (Wildman–Crippen MR) is 74.5 cm³/mol. The maximum atomic E-state index is 12.3. The third-order valence-electron chi connectivity index (χ3n) is 3.91. The average molecular weight is 269 g/mol. The number of hydrogen-bond donors (Lipinski definition) is 1. The summed E-state index contributed by atoms with van der Waals surface area (Å²) in [6, 6.07) is 0. The summed E-state index contributed by atoms with van der Waals surface area (Å²) >= 11 is 0. The smallest absolute Gasteiger partial charge is 0.321 e. The number of hydrogen-bond acceptors (Lipinski definition) is 3. The van der Waals surface area contributed by atoms with Gasteiger partial charge in [0.15, 0.2) is 0 Å². The quantitative estimate of drug-likeness (QED) is 0.595. The molecule has 19 heavy (non-hydrogen) atoms. The molecule has 4 nitrogen and oxygen atoms in total. The van der Waals surface area contributed by atoms with Gasteiger partial charge in [-0.05, 0) is 30.6 Å². The zero-order valence-corrected chi connectivity index (χ0v) is 12.8. The molecule has 0 spiro atoms. The lowest BCUT2D eigenvalue weighted by atomic mass is 9.68. The molecular formula is C15H27NO3. The van der Waals surface area contributed by atoms with Crippen LogP contribution in [0.15, 0.2) is 0 Å². The van der Waals surface area contributed by atoms with Crippen LogP contribution in [0.1, 0.15) is 53.4 Å². The van der Waals surface area contributed by atoms with Crippen LogP contribution in [0, 0.1) is 16.7 Å². The van der Waals surface area contributed by atoms with Gasteiger partial charge in [0, 0.05) is 6.54 Å². The molecule has 0 aliphatic heterocycles. The van der Waals surface area contributed by atoms with E-state index in [1.165, 1.54) is 7.11 Å². The molecule has 1 N–H and O–H groups in total. The molecule has 0 aromatic rings. The Morgan fingerprint density at radius 2 is 1.89 bits per heavy atom. The highest BCUT2D eigenvalue weighted by atomic mass is 16.5. The fourth-order valence-corrected chi connectivity index (χ4v) is 2.92. The predicted octanol–water partition coefficient (Wildman–Crippen LogP) is 2.52. The number of esters is 1. The van der Waals surface area contributed by atoms with Gasteiger partial charge in [-0.15, -0.1) is 0 Å². The van der Waals surface area contributed by atoms with Crippen LogP contribution < -0.4 is 5.32 Å². The van der Waals surface area contributed by atoms with E-state index in [1.54, 1.807) is 0 Å². The summed E-state index contributed by atoms with van der Waals surface area (Å²) in [5, 5.41) is 2.95. The highest BCUT2D eigenvalue weighted by Crippen LogP contribution is 2.42. The molecule has 0 bridgehead atoms. The molecule has 1 amide bonds. The van der Waals surface area contributed by atoms with E-state index < -0.39 is 11.4 Å². The fourth-order valence-electron chi connectivity index (χ4n) is 2.92. The number of rotatable bonds is 6. The number of ether oxygens (including phenoxy) is 1. The van der Waals surface area contributed by atoms with E-state index in [0.29, 0.717) is 25.3 Å². The normalized spacial score (nSPS) is 17.8. The van der Waals surface area contributed by atoms with Crippen LogP contribution in [-0.2, 0) is 14.3 Å². The van der Waals surface area contributed by atoms with Gasteiger partial charge in [-0.3, -0.25) is 9.59 Å². The summed E-state index contributed by atoms with van der Waals surface area (Å²) in [5.74, 6) is 0.0329. The Hall–Kier alpha value is -1.06. The van der Waals surface area contributed by atoms with Crippen LogP contribution in [0.25, 0.3) is 0 Å². The number of nitrogens with one attached hydrogen (secondary N) is 1. The maximum Gasteiger partial charge on any atom is 0.321 e. The van der Waals surface area contributed by atoms with Crippen molar-refractivity contribution in [3.05, 3.63) is 0 Å². The lowest BCUT2D eigenvalue weighted by Gasteiger charge is -2.38. The molecular weight excluding hydrogens is 242 g/mol. The Labute approximate surface area is 116 Å². The van der Waals surface area contributed by atoms with Gasteiger partial charge in [0.05, 0.1) is 7.11 Å². The van der Waals surface area contributed by atoms with Crippen LogP contribution in [0.2, 0.25) is 0 Å². The molecule has 4 heteroatoms. The summed E-state index contributed by atoms with van der Waals surface area (Å²) in [7, 11) is 1.35. The van der Waals surface area contributed by atoms with Gasteiger partial charge >= 0.3 is 5.97 Å². The van der Waals surface area contributed by atoms with Crippen molar-refractivity contribution in [3.63, 3.8) is 0 Å². The molecule has 1 aliphatic carbocycles. The highest BCUT2D eigenvalue weighted by Gasteiger charge is 2.52. The van der Waals surface area contributed by atoms with Crippen molar-refractivity contribution < 1.29 is 14.3 Å². The lowest BCUT2D eigenvalue weighted by Crippen LogP contribution is -2.53. The minimum atomic E-state index is -0.914. The van der Waals surface area contributed by atoms with Crippen molar-refractivity contribution in [1.82, 2.24) is 5.32 Å². The SMILES string of the molecule is COC(=O)C1(C(=O)NCC(C)(C)CC(C)C)CCC1. The maximum absolute atomic E-state index is 12.3. The van der Waals surface area contributed by atoms with Gasteiger partial charge < -0.3 is 10.1 Å². The van der Waals surface area contributed by atoms with Crippen LogP contribution in [-0.4, -0.2) is 25.5 Å². The summed E-state index contributed by atoms with van der Waals surface area (Å²) < 4.78 is 4.78. The third-order valence-corrected chi connectivity index (χ3v) is 3.91. The molecule has 0 unspecified atom stereocenters. The Morgan fingerprint density at radius 3 is 2.26 bits per heavy atom. The van der Waals surface area contributed by atoms with Crippen LogP contribution in [0.5, 0.6) is 0 Å². The third kappa shape index (κ3) is 3.71. The monoisotopic (exact) mass is 269 g/mol. The van der Waals surface area contributed by atoms with E-state index >= 15 is 0 Å². The molecule has 1 fully saturated rings. The number of amides is 1. The highest BCUT2D eigenvalue weighted by molar-refractivity contribution is 6.03. The van der Waals surface area contributed by atoms with Gasteiger partial charge in [-0.2, -0.15) is 0 Å². The molecule has 0 aromatic carbocycles. The van der Waals surface area contributed by atoms with Crippen LogP contribution in [0.3, 0.4) is 0 Å². The number of carbonyl (C=O) groups excluding carboxylic acids is 2. The number of carbonyl (C=O) groups is 2. The molecule has 0 saturated heterocycles. The van der Waals surface area contributed by atoms with Gasteiger partial charge in [-0.25, -0.2) is 0 Å².